The van der Waals surface area contributed by atoms with Crippen LogP contribution in [0.2, 0.25) is 0 Å². The largest absolute Gasteiger partial charge is 0.465 e. The third-order valence-electron chi connectivity index (χ3n) is 3.08. The summed E-state index contributed by atoms with van der Waals surface area (Å²) in [6.45, 7) is 5.16. The lowest BCUT2D eigenvalue weighted by atomic mass is 9.89. The van der Waals surface area contributed by atoms with Gasteiger partial charge in [-0.25, -0.2) is 0 Å². The molecule has 0 radical (unpaired) electrons. The minimum Gasteiger partial charge on any atom is -0.465 e. The molecule has 0 heterocycles. The Hall–Kier alpha value is -0.570. The highest BCUT2D eigenvalue weighted by atomic mass is 16.5. The molecule has 1 saturated carbocycles. The normalized spacial score (nSPS) is 18.4. The number of esters is 1. The highest BCUT2D eigenvalue weighted by Gasteiger charge is 2.25. The molecule has 0 aromatic carbocycles. The van der Waals surface area contributed by atoms with E-state index in [4.69, 9.17) is 9.47 Å². The standard InChI is InChI=1S/C13H24O3/c1-13(2,9-15-3)10-16-12(14)11-7-5-4-6-8-11/h11H,4-10H2,1-3H3. The molecule has 0 atom stereocenters. The Morgan fingerprint density at radius 3 is 2.38 bits per heavy atom. The third-order valence-corrected chi connectivity index (χ3v) is 3.08. The van der Waals surface area contributed by atoms with Crippen LogP contribution in [0.5, 0.6) is 0 Å². The van der Waals surface area contributed by atoms with Crippen molar-refractivity contribution in [3.63, 3.8) is 0 Å². The van der Waals surface area contributed by atoms with Crippen LogP contribution in [0.3, 0.4) is 0 Å². The van der Waals surface area contributed by atoms with Crippen LogP contribution in [0.1, 0.15) is 46.0 Å². The molecule has 0 spiro atoms. The molecule has 16 heavy (non-hydrogen) atoms. The molecular weight excluding hydrogens is 204 g/mol. The van der Waals surface area contributed by atoms with E-state index < -0.39 is 0 Å². The van der Waals surface area contributed by atoms with Crippen molar-refractivity contribution < 1.29 is 14.3 Å². The van der Waals surface area contributed by atoms with E-state index in [0.717, 1.165) is 12.8 Å². The number of hydrogen-bond acceptors (Lipinski definition) is 3. The van der Waals surface area contributed by atoms with Crippen molar-refractivity contribution in [1.82, 2.24) is 0 Å². The fraction of sp³-hybridized carbons (Fsp3) is 0.923. The van der Waals surface area contributed by atoms with E-state index in [1.165, 1.54) is 19.3 Å². The summed E-state index contributed by atoms with van der Waals surface area (Å²) in [4.78, 5) is 11.8. The predicted octanol–water partition coefficient (Wildman–Crippen LogP) is 2.78. The van der Waals surface area contributed by atoms with E-state index in [9.17, 15) is 4.79 Å². The van der Waals surface area contributed by atoms with E-state index in [0.29, 0.717) is 13.2 Å². The number of rotatable bonds is 5. The van der Waals surface area contributed by atoms with Crippen molar-refractivity contribution in [2.45, 2.75) is 46.0 Å². The molecule has 0 amide bonds. The summed E-state index contributed by atoms with van der Waals surface area (Å²) in [5.41, 5.74) is -0.0842. The van der Waals surface area contributed by atoms with Crippen molar-refractivity contribution in [1.29, 1.82) is 0 Å². The second kappa shape index (κ2) is 6.24. The van der Waals surface area contributed by atoms with E-state index >= 15 is 0 Å². The van der Waals surface area contributed by atoms with Gasteiger partial charge in [-0.05, 0) is 12.8 Å². The molecule has 1 fully saturated rings. The fourth-order valence-electron chi connectivity index (χ4n) is 2.16. The van der Waals surface area contributed by atoms with Crippen molar-refractivity contribution in [3.05, 3.63) is 0 Å². The number of carbonyl (C=O) groups is 1. The monoisotopic (exact) mass is 228 g/mol. The summed E-state index contributed by atoms with van der Waals surface area (Å²) in [7, 11) is 1.67. The summed E-state index contributed by atoms with van der Waals surface area (Å²) in [5, 5.41) is 0. The maximum atomic E-state index is 11.8. The fourth-order valence-corrected chi connectivity index (χ4v) is 2.16. The zero-order chi connectivity index (χ0) is 12.0. The van der Waals surface area contributed by atoms with Gasteiger partial charge in [-0.2, -0.15) is 0 Å². The Kier molecular flexibility index (Phi) is 5.26. The van der Waals surface area contributed by atoms with Crippen molar-refractivity contribution in [2.24, 2.45) is 11.3 Å². The summed E-state index contributed by atoms with van der Waals surface area (Å²) < 4.78 is 10.5. The van der Waals surface area contributed by atoms with E-state index in [1.54, 1.807) is 7.11 Å². The van der Waals surface area contributed by atoms with Gasteiger partial charge in [0, 0.05) is 12.5 Å². The van der Waals surface area contributed by atoms with Crippen molar-refractivity contribution in [3.8, 4) is 0 Å². The van der Waals surface area contributed by atoms with Crippen LogP contribution in [-0.4, -0.2) is 26.3 Å². The first-order valence-corrected chi connectivity index (χ1v) is 6.21. The first-order chi connectivity index (χ1) is 7.55. The summed E-state index contributed by atoms with van der Waals surface area (Å²) in [5.74, 6) is 0.135. The lowest BCUT2D eigenvalue weighted by molar-refractivity contribution is -0.153. The van der Waals surface area contributed by atoms with Gasteiger partial charge in [0.1, 0.15) is 0 Å². The smallest absolute Gasteiger partial charge is 0.308 e. The van der Waals surface area contributed by atoms with Crippen molar-refractivity contribution in [2.75, 3.05) is 20.3 Å². The van der Waals surface area contributed by atoms with Gasteiger partial charge in [0.25, 0.3) is 0 Å². The number of methoxy groups -OCH3 is 1. The van der Waals surface area contributed by atoms with Crippen LogP contribution in [0.25, 0.3) is 0 Å². The van der Waals surface area contributed by atoms with Gasteiger partial charge in [0.15, 0.2) is 0 Å². The zero-order valence-corrected chi connectivity index (χ0v) is 10.8. The molecule has 94 valence electrons. The molecule has 0 N–H and O–H groups in total. The Bertz CT molecular complexity index is 217. The van der Waals surface area contributed by atoms with Crippen LogP contribution in [0.15, 0.2) is 0 Å². The molecule has 1 aliphatic rings. The van der Waals surface area contributed by atoms with Gasteiger partial charge >= 0.3 is 5.97 Å². The first-order valence-electron chi connectivity index (χ1n) is 6.21. The quantitative estimate of drug-likeness (QED) is 0.679. The second-order valence-corrected chi connectivity index (χ2v) is 5.54. The van der Waals surface area contributed by atoms with E-state index in [-0.39, 0.29) is 17.3 Å². The number of hydrogen-bond donors (Lipinski definition) is 0. The molecule has 1 rings (SSSR count). The molecule has 0 bridgehead atoms. The number of ether oxygens (including phenoxy) is 2. The minimum atomic E-state index is -0.0842. The molecule has 3 nitrogen and oxygen atoms in total. The van der Waals surface area contributed by atoms with Crippen LogP contribution < -0.4 is 0 Å². The van der Waals surface area contributed by atoms with Crippen LogP contribution in [0.4, 0.5) is 0 Å². The molecule has 0 aromatic heterocycles. The first kappa shape index (κ1) is 13.5. The van der Waals surface area contributed by atoms with Gasteiger partial charge in [-0.1, -0.05) is 33.1 Å². The molecular formula is C13H24O3. The van der Waals surface area contributed by atoms with Gasteiger partial charge in [0.2, 0.25) is 0 Å². The van der Waals surface area contributed by atoms with Crippen molar-refractivity contribution >= 4 is 5.97 Å². The molecule has 1 aliphatic carbocycles. The third kappa shape index (κ3) is 4.52. The van der Waals surface area contributed by atoms with Crippen LogP contribution >= 0.6 is 0 Å². The van der Waals surface area contributed by atoms with Crippen LogP contribution in [-0.2, 0) is 14.3 Å². The summed E-state index contributed by atoms with van der Waals surface area (Å²) >= 11 is 0. The van der Waals surface area contributed by atoms with Gasteiger partial charge in [-0.15, -0.1) is 0 Å². The van der Waals surface area contributed by atoms with E-state index in [1.807, 2.05) is 13.8 Å². The molecule has 0 unspecified atom stereocenters. The Morgan fingerprint density at radius 2 is 1.81 bits per heavy atom. The Labute approximate surface area is 98.5 Å². The minimum absolute atomic E-state index is 0.0103. The average Bonchev–Trinajstić information content (AvgIpc) is 2.27. The molecule has 3 heteroatoms. The Balaban J connectivity index is 2.28. The lowest BCUT2D eigenvalue weighted by Gasteiger charge is -2.25. The maximum Gasteiger partial charge on any atom is 0.308 e. The highest BCUT2D eigenvalue weighted by molar-refractivity contribution is 5.72. The topological polar surface area (TPSA) is 35.5 Å². The van der Waals surface area contributed by atoms with Crippen LogP contribution in [0, 0.1) is 11.3 Å². The highest BCUT2D eigenvalue weighted by Crippen LogP contribution is 2.25. The molecule has 0 saturated heterocycles. The van der Waals surface area contributed by atoms with E-state index in [2.05, 4.69) is 0 Å². The van der Waals surface area contributed by atoms with Gasteiger partial charge in [0.05, 0.1) is 19.1 Å². The Morgan fingerprint density at radius 1 is 1.19 bits per heavy atom. The summed E-state index contributed by atoms with van der Waals surface area (Å²) in [6, 6.07) is 0. The zero-order valence-electron chi connectivity index (χ0n) is 10.8. The van der Waals surface area contributed by atoms with Gasteiger partial charge in [-0.3, -0.25) is 4.79 Å². The average molecular weight is 228 g/mol. The molecule has 0 aliphatic heterocycles. The lowest BCUT2D eigenvalue weighted by Crippen LogP contribution is -2.29. The number of carbonyl (C=O) groups excluding carboxylic acids is 1. The SMILES string of the molecule is COCC(C)(C)COC(=O)C1CCCCC1. The summed E-state index contributed by atoms with van der Waals surface area (Å²) in [6.07, 6.45) is 5.61. The second-order valence-electron chi connectivity index (χ2n) is 5.54. The van der Waals surface area contributed by atoms with Gasteiger partial charge < -0.3 is 9.47 Å². The maximum absolute atomic E-state index is 11.8. The molecule has 0 aromatic rings. The predicted molar refractivity (Wildman–Crippen MR) is 63.2 cm³/mol.